The van der Waals surface area contributed by atoms with Crippen molar-refractivity contribution in [3.05, 3.63) is 48.0 Å². The second-order valence-electron chi connectivity index (χ2n) is 8.13. The minimum atomic E-state index is -0.119. The summed E-state index contributed by atoms with van der Waals surface area (Å²) in [5.74, 6) is 3.35. The Hall–Kier alpha value is -1.31. The zero-order chi connectivity index (χ0) is 17.5. The van der Waals surface area contributed by atoms with Crippen LogP contribution in [0.5, 0.6) is 0 Å². The molecule has 1 aromatic rings. The summed E-state index contributed by atoms with van der Waals surface area (Å²) in [5, 5.41) is 0. The molecule has 1 nitrogen and oxygen atoms in total. The molecule has 0 aromatic heterocycles. The average Bonchev–Trinajstić information content (AvgIpc) is 2.67. The first-order valence-electron chi connectivity index (χ1n) is 10.2. The van der Waals surface area contributed by atoms with Gasteiger partial charge in [0.1, 0.15) is 5.82 Å². The first-order chi connectivity index (χ1) is 12.3. The molecule has 0 N–H and O–H groups in total. The maximum atomic E-state index is 13.1. The van der Waals surface area contributed by atoms with E-state index in [1.165, 1.54) is 63.4 Å². The van der Waals surface area contributed by atoms with Gasteiger partial charge >= 0.3 is 0 Å². The lowest BCUT2D eigenvalue weighted by molar-refractivity contribution is 0.157. The summed E-state index contributed by atoms with van der Waals surface area (Å²) in [4.78, 5) is 0. The van der Waals surface area contributed by atoms with Crippen LogP contribution in [0.1, 0.15) is 75.7 Å². The zero-order valence-electron chi connectivity index (χ0n) is 15.6. The van der Waals surface area contributed by atoms with Crippen LogP contribution in [-0.2, 0) is 4.74 Å². The van der Waals surface area contributed by atoms with Crippen molar-refractivity contribution >= 4 is 0 Å². The van der Waals surface area contributed by atoms with Crippen LogP contribution >= 0.6 is 0 Å². The van der Waals surface area contributed by atoms with Crippen LogP contribution in [0.4, 0.5) is 4.39 Å². The Morgan fingerprint density at radius 1 is 0.920 bits per heavy atom. The van der Waals surface area contributed by atoms with Gasteiger partial charge < -0.3 is 4.74 Å². The zero-order valence-corrected chi connectivity index (χ0v) is 15.6. The third-order valence-corrected chi connectivity index (χ3v) is 6.65. The van der Waals surface area contributed by atoms with Crippen molar-refractivity contribution < 1.29 is 9.13 Å². The molecule has 0 bridgehead atoms. The molecule has 0 heterocycles. The average molecular weight is 345 g/mol. The molecule has 2 saturated carbocycles. The lowest BCUT2D eigenvalue weighted by Gasteiger charge is -2.38. The first kappa shape index (κ1) is 18.5. The second-order valence-corrected chi connectivity index (χ2v) is 8.13. The summed E-state index contributed by atoms with van der Waals surface area (Å²) >= 11 is 0. The number of benzene rings is 1. The van der Waals surface area contributed by atoms with E-state index in [1.807, 2.05) is 18.4 Å². The van der Waals surface area contributed by atoms with Gasteiger partial charge in [-0.1, -0.05) is 25.0 Å². The number of methoxy groups -OCH3 is 1. The van der Waals surface area contributed by atoms with Crippen LogP contribution < -0.4 is 0 Å². The highest BCUT2D eigenvalue weighted by Crippen LogP contribution is 2.44. The predicted molar refractivity (Wildman–Crippen MR) is 102 cm³/mol. The molecule has 3 rings (SSSR count). The molecular formula is C23H33FO. The molecule has 0 radical (unpaired) electrons. The van der Waals surface area contributed by atoms with Gasteiger partial charge in [0.2, 0.25) is 0 Å². The Morgan fingerprint density at radius 3 is 2.12 bits per heavy atom. The third-order valence-electron chi connectivity index (χ3n) is 6.65. The normalized spacial score (nSPS) is 30.5. The molecule has 2 aliphatic carbocycles. The van der Waals surface area contributed by atoms with E-state index in [9.17, 15) is 4.39 Å². The van der Waals surface area contributed by atoms with Gasteiger partial charge in [0.15, 0.2) is 0 Å². The number of allylic oxidation sites excluding steroid dienone is 1. The highest BCUT2D eigenvalue weighted by molar-refractivity contribution is 5.20. The van der Waals surface area contributed by atoms with Crippen molar-refractivity contribution in [2.75, 3.05) is 7.11 Å². The van der Waals surface area contributed by atoms with E-state index < -0.39 is 0 Å². The van der Waals surface area contributed by atoms with Crippen molar-refractivity contribution in [1.29, 1.82) is 0 Å². The summed E-state index contributed by atoms with van der Waals surface area (Å²) in [5.41, 5.74) is 1.34. The SMILES string of the molecule is COC=CCC[C@H]1CC[C@H]([C@H]2CC[C@H](c3ccc(F)cc3)CC2)CC1. The molecule has 0 saturated heterocycles. The summed E-state index contributed by atoms with van der Waals surface area (Å²) in [6.45, 7) is 0. The monoisotopic (exact) mass is 344 g/mol. The van der Waals surface area contributed by atoms with E-state index in [0.29, 0.717) is 5.92 Å². The van der Waals surface area contributed by atoms with E-state index in [0.717, 1.165) is 24.2 Å². The fourth-order valence-electron chi connectivity index (χ4n) is 5.10. The largest absolute Gasteiger partial charge is 0.505 e. The van der Waals surface area contributed by atoms with E-state index >= 15 is 0 Å². The molecule has 0 aliphatic heterocycles. The smallest absolute Gasteiger partial charge is 0.123 e. The van der Waals surface area contributed by atoms with Crippen LogP contribution in [-0.4, -0.2) is 7.11 Å². The molecule has 25 heavy (non-hydrogen) atoms. The van der Waals surface area contributed by atoms with Crippen LogP contribution in [0.25, 0.3) is 0 Å². The van der Waals surface area contributed by atoms with Crippen molar-refractivity contribution in [3.8, 4) is 0 Å². The Morgan fingerprint density at radius 2 is 1.52 bits per heavy atom. The topological polar surface area (TPSA) is 9.23 Å². The number of hydrogen-bond acceptors (Lipinski definition) is 1. The summed E-state index contributed by atoms with van der Waals surface area (Å²) in [6.07, 6.45) is 17.5. The maximum Gasteiger partial charge on any atom is 0.123 e. The van der Waals surface area contributed by atoms with Gasteiger partial charge in [0.05, 0.1) is 13.4 Å². The minimum absolute atomic E-state index is 0.119. The molecular weight excluding hydrogens is 311 g/mol. The van der Waals surface area contributed by atoms with Crippen molar-refractivity contribution in [1.82, 2.24) is 0 Å². The summed E-state index contributed by atoms with van der Waals surface area (Å²) in [7, 11) is 1.71. The minimum Gasteiger partial charge on any atom is -0.505 e. The molecule has 2 heteroatoms. The Balaban J connectivity index is 1.39. The highest BCUT2D eigenvalue weighted by atomic mass is 19.1. The molecule has 2 aliphatic rings. The standard InChI is InChI=1S/C23H33FO/c1-25-17-3-2-4-18-5-7-19(8-6-18)20-9-11-21(12-10-20)22-13-15-23(24)16-14-22/h3,13-21H,2,4-12H2,1H3/t18-,19-,20-,21-. The van der Waals surface area contributed by atoms with Gasteiger partial charge in [-0.15, -0.1) is 0 Å². The summed E-state index contributed by atoms with van der Waals surface area (Å²) < 4.78 is 18.1. The number of rotatable bonds is 6. The van der Waals surface area contributed by atoms with Gasteiger partial charge in [-0.2, -0.15) is 0 Å². The lowest BCUT2D eigenvalue weighted by atomic mass is 9.68. The molecule has 0 unspecified atom stereocenters. The van der Waals surface area contributed by atoms with Crippen molar-refractivity contribution in [2.24, 2.45) is 17.8 Å². The van der Waals surface area contributed by atoms with Gasteiger partial charge in [-0.05, 0) is 98.8 Å². The lowest BCUT2D eigenvalue weighted by Crippen LogP contribution is -2.25. The molecule has 138 valence electrons. The maximum absolute atomic E-state index is 13.1. The summed E-state index contributed by atoms with van der Waals surface area (Å²) in [6, 6.07) is 7.21. The third kappa shape index (κ3) is 5.33. The van der Waals surface area contributed by atoms with Gasteiger partial charge in [0.25, 0.3) is 0 Å². The molecule has 0 amide bonds. The van der Waals surface area contributed by atoms with E-state index in [2.05, 4.69) is 6.08 Å². The van der Waals surface area contributed by atoms with Crippen LogP contribution in [0, 0.1) is 23.6 Å². The fraction of sp³-hybridized carbons (Fsp3) is 0.652. The van der Waals surface area contributed by atoms with Crippen LogP contribution in [0.3, 0.4) is 0 Å². The fourth-order valence-corrected chi connectivity index (χ4v) is 5.10. The molecule has 2 fully saturated rings. The Bertz CT molecular complexity index is 520. The van der Waals surface area contributed by atoms with E-state index in [4.69, 9.17) is 4.74 Å². The number of ether oxygens (including phenoxy) is 1. The highest BCUT2D eigenvalue weighted by Gasteiger charge is 2.31. The van der Waals surface area contributed by atoms with Gasteiger partial charge in [-0.25, -0.2) is 4.39 Å². The number of halogens is 1. The predicted octanol–water partition coefficient (Wildman–Crippen LogP) is 6.85. The van der Waals surface area contributed by atoms with Crippen molar-refractivity contribution in [3.63, 3.8) is 0 Å². The molecule has 1 aromatic carbocycles. The van der Waals surface area contributed by atoms with E-state index in [-0.39, 0.29) is 5.82 Å². The van der Waals surface area contributed by atoms with Gasteiger partial charge in [-0.3, -0.25) is 0 Å². The van der Waals surface area contributed by atoms with E-state index in [1.54, 1.807) is 19.2 Å². The molecule has 0 spiro atoms. The van der Waals surface area contributed by atoms with Crippen molar-refractivity contribution in [2.45, 2.75) is 70.1 Å². The van der Waals surface area contributed by atoms with Gasteiger partial charge in [0, 0.05) is 0 Å². The van der Waals surface area contributed by atoms with Crippen LogP contribution in [0.2, 0.25) is 0 Å². The van der Waals surface area contributed by atoms with Crippen LogP contribution in [0.15, 0.2) is 36.6 Å². The first-order valence-corrected chi connectivity index (χ1v) is 10.2. The second kappa shape index (κ2) is 9.40. The molecule has 0 atom stereocenters. The number of hydrogen-bond donors (Lipinski definition) is 0. The Kier molecular flexibility index (Phi) is 6.95. The quantitative estimate of drug-likeness (QED) is 0.513. The Labute approximate surface area is 152 Å².